The first-order valence-corrected chi connectivity index (χ1v) is 14.6. The van der Waals surface area contributed by atoms with Crippen molar-refractivity contribution in [3.8, 4) is 11.5 Å². The lowest BCUT2D eigenvalue weighted by Crippen LogP contribution is -2.20. The first-order chi connectivity index (χ1) is 18.5. The molecule has 4 rings (SSSR count). The van der Waals surface area contributed by atoms with Crippen molar-refractivity contribution < 1.29 is 27.9 Å². The third-order valence-electron chi connectivity index (χ3n) is 5.70. The molecule has 0 amide bonds. The number of rotatable bonds is 8. The Balaban J connectivity index is 1.53. The zero-order chi connectivity index (χ0) is 28.2. The highest BCUT2D eigenvalue weighted by molar-refractivity contribution is 9.11. The molecule has 0 unspecified atom stereocenters. The van der Waals surface area contributed by atoms with Gasteiger partial charge in [-0.3, -0.25) is 0 Å². The minimum absolute atomic E-state index is 0.357. The Morgan fingerprint density at radius 3 is 1.36 bits per heavy atom. The Hall–Kier alpha value is -2.66. The van der Waals surface area contributed by atoms with Gasteiger partial charge in [0, 0.05) is 17.6 Å². The molecule has 0 fully saturated rings. The molecule has 200 valence electrons. The van der Waals surface area contributed by atoms with Gasteiger partial charge >= 0.3 is 11.9 Å². The maximum atomic E-state index is 12.4. The van der Waals surface area contributed by atoms with Crippen LogP contribution < -0.4 is 9.47 Å². The number of carbonyl (C=O) groups excluding carboxylic acids is 2. The fraction of sp³-hybridized carbons (Fsp3) is 0.103. The number of ether oxygens (including phenoxy) is 2. The summed E-state index contributed by atoms with van der Waals surface area (Å²) in [5.74, 6) is 0.719. The van der Waals surface area contributed by atoms with Gasteiger partial charge in [-0.05, 0) is 136 Å². The predicted octanol–water partition coefficient (Wildman–Crippen LogP) is 9.49. The highest BCUT2D eigenvalue weighted by Gasteiger charge is 2.28. The first-order valence-electron chi connectivity index (χ1n) is 11.4. The largest absolute Gasteiger partial charge is 0.465 e. The molecule has 0 aliphatic carbocycles. The van der Waals surface area contributed by atoms with Crippen LogP contribution in [-0.4, -0.2) is 11.9 Å². The van der Waals surface area contributed by atoms with Crippen molar-refractivity contribution in [1.82, 2.24) is 0 Å². The van der Waals surface area contributed by atoms with Crippen molar-refractivity contribution in [1.29, 1.82) is 0 Å². The maximum absolute atomic E-state index is 12.4. The molecule has 0 N–H and O–H groups in total. The molecule has 2 heterocycles. The van der Waals surface area contributed by atoms with Gasteiger partial charge in [-0.2, -0.15) is 0 Å². The summed E-state index contributed by atoms with van der Waals surface area (Å²) >= 11 is 14.2. The SMILES string of the molecule is CC(C)(c1cc(Br)c(OC(=O)/C=C/c2ccco2)c(Br)c1)c1cc(Br)c(OC(=O)/C=C/c2ccco2)c(Br)c1. The average Bonchev–Trinajstić information content (AvgIpc) is 3.60. The topological polar surface area (TPSA) is 78.9 Å². The third-order valence-corrected chi connectivity index (χ3v) is 8.06. The van der Waals surface area contributed by atoms with E-state index >= 15 is 0 Å². The molecule has 0 saturated carbocycles. The van der Waals surface area contributed by atoms with Crippen LogP contribution in [0.5, 0.6) is 11.5 Å². The van der Waals surface area contributed by atoms with E-state index in [1.54, 1.807) is 24.3 Å². The minimum atomic E-state index is -0.545. The number of benzene rings is 2. The van der Waals surface area contributed by atoms with Crippen molar-refractivity contribution in [2.75, 3.05) is 0 Å². The van der Waals surface area contributed by atoms with Crippen LogP contribution in [0.3, 0.4) is 0 Å². The van der Waals surface area contributed by atoms with Gasteiger partial charge in [0.2, 0.25) is 0 Å². The molecule has 0 atom stereocenters. The van der Waals surface area contributed by atoms with Crippen LogP contribution in [0.25, 0.3) is 12.2 Å². The molecule has 2 aromatic carbocycles. The van der Waals surface area contributed by atoms with Crippen LogP contribution in [0.15, 0.2) is 99.9 Å². The Kier molecular flexibility index (Phi) is 9.53. The monoisotopic (exact) mass is 780 g/mol. The van der Waals surface area contributed by atoms with Gasteiger partial charge in [0.1, 0.15) is 11.5 Å². The number of furan rings is 2. The summed E-state index contributed by atoms with van der Waals surface area (Å²) in [7, 11) is 0. The standard InChI is InChI=1S/C29H20Br4O6/c1-29(2,17-13-21(30)27(22(31)14-17)38-25(34)9-7-19-5-3-11-36-19)18-15-23(32)28(24(33)16-18)39-26(35)10-8-20-6-4-12-37-20/h3-16H,1-2H3/b9-7+,10-8+. The second-order valence-corrected chi connectivity index (χ2v) is 12.1. The van der Waals surface area contributed by atoms with Crippen LogP contribution in [0.2, 0.25) is 0 Å². The van der Waals surface area contributed by atoms with Crippen molar-refractivity contribution in [2.24, 2.45) is 0 Å². The summed E-state index contributed by atoms with van der Waals surface area (Å²) in [5, 5.41) is 0. The minimum Gasteiger partial charge on any atom is -0.465 e. The van der Waals surface area contributed by atoms with Crippen molar-refractivity contribution in [3.05, 3.63) is 114 Å². The molecular weight excluding hydrogens is 764 g/mol. The zero-order valence-electron chi connectivity index (χ0n) is 20.5. The number of hydrogen-bond acceptors (Lipinski definition) is 6. The van der Waals surface area contributed by atoms with Gasteiger partial charge in [0.15, 0.2) is 11.5 Å². The lowest BCUT2D eigenvalue weighted by Gasteiger charge is -2.28. The zero-order valence-corrected chi connectivity index (χ0v) is 26.9. The smallest absolute Gasteiger partial charge is 0.336 e. The molecule has 6 nitrogen and oxygen atoms in total. The molecule has 0 radical (unpaired) electrons. The Labute approximate surface area is 258 Å². The molecule has 0 aliphatic heterocycles. The van der Waals surface area contributed by atoms with E-state index in [1.165, 1.54) is 36.8 Å². The summed E-state index contributed by atoms with van der Waals surface area (Å²) in [6, 6.07) is 14.5. The van der Waals surface area contributed by atoms with Crippen LogP contribution in [0.1, 0.15) is 36.5 Å². The lowest BCUT2D eigenvalue weighted by atomic mass is 9.78. The fourth-order valence-electron chi connectivity index (χ4n) is 3.54. The molecule has 0 aliphatic rings. The summed E-state index contributed by atoms with van der Waals surface area (Å²) in [5.41, 5.74) is 1.40. The van der Waals surface area contributed by atoms with E-state index in [2.05, 4.69) is 77.6 Å². The number of halogens is 4. The molecular formula is C29H20Br4O6. The molecule has 0 saturated heterocycles. The van der Waals surface area contributed by atoms with Gasteiger partial charge in [0.05, 0.1) is 30.4 Å². The second kappa shape index (κ2) is 12.7. The van der Waals surface area contributed by atoms with E-state index in [4.69, 9.17) is 18.3 Å². The van der Waals surface area contributed by atoms with Crippen LogP contribution in [0.4, 0.5) is 0 Å². The van der Waals surface area contributed by atoms with Gasteiger partial charge in [-0.25, -0.2) is 9.59 Å². The first kappa shape index (κ1) is 29.3. The van der Waals surface area contributed by atoms with Crippen LogP contribution in [-0.2, 0) is 15.0 Å². The van der Waals surface area contributed by atoms with Crippen LogP contribution >= 0.6 is 63.7 Å². The Bertz CT molecular complexity index is 1390. The van der Waals surface area contributed by atoms with Crippen molar-refractivity contribution in [3.63, 3.8) is 0 Å². The average molecular weight is 784 g/mol. The molecule has 10 heteroatoms. The summed E-state index contributed by atoms with van der Waals surface area (Å²) in [4.78, 5) is 24.7. The summed E-state index contributed by atoms with van der Waals surface area (Å²) in [6.07, 6.45) is 8.72. The number of carbonyl (C=O) groups is 2. The normalized spacial score (nSPS) is 11.8. The van der Waals surface area contributed by atoms with Crippen molar-refractivity contribution in [2.45, 2.75) is 19.3 Å². The van der Waals surface area contributed by atoms with Gasteiger partial charge in [-0.15, -0.1) is 0 Å². The molecule has 4 aromatic rings. The van der Waals surface area contributed by atoms with Gasteiger partial charge in [-0.1, -0.05) is 13.8 Å². The van der Waals surface area contributed by atoms with Crippen molar-refractivity contribution >= 4 is 87.8 Å². The molecule has 39 heavy (non-hydrogen) atoms. The molecule has 0 spiro atoms. The predicted molar refractivity (Wildman–Crippen MR) is 163 cm³/mol. The number of esters is 2. The Morgan fingerprint density at radius 2 is 1.05 bits per heavy atom. The van der Waals surface area contributed by atoms with E-state index in [-0.39, 0.29) is 0 Å². The van der Waals surface area contributed by atoms with E-state index in [1.807, 2.05) is 24.3 Å². The van der Waals surface area contributed by atoms with E-state index in [9.17, 15) is 9.59 Å². The maximum Gasteiger partial charge on any atom is 0.336 e. The second-order valence-electron chi connectivity index (χ2n) is 8.70. The van der Waals surface area contributed by atoms with E-state index < -0.39 is 17.4 Å². The van der Waals surface area contributed by atoms with E-state index in [0.29, 0.717) is 40.9 Å². The third kappa shape index (κ3) is 7.30. The highest BCUT2D eigenvalue weighted by atomic mass is 79.9. The fourth-order valence-corrected chi connectivity index (χ4v) is 6.24. The summed E-state index contributed by atoms with van der Waals surface area (Å²) in [6.45, 7) is 4.12. The highest BCUT2D eigenvalue weighted by Crippen LogP contribution is 2.44. The molecule has 0 bridgehead atoms. The van der Waals surface area contributed by atoms with E-state index in [0.717, 1.165) is 11.1 Å². The number of hydrogen-bond donors (Lipinski definition) is 0. The van der Waals surface area contributed by atoms with Gasteiger partial charge in [0.25, 0.3) is 0 Å². The Morgan fingerprint density at radius 1 is 0.692 bits per heavy atom. The quantitative estimate of drug-likeness (QED) is 0.101. The lowest BCUT2D eigenvalue weighted by molar-refractivity contribution is -0.129. The summed E-state index contributed by atoms with van der Waals surface area (Å²) < 4.78 is 23.9. The van der Waals surface area contributed by atoms with Gasteiger partial charge < -0.3 is 18.3 Å². The molecule has 2 aromatic heterocycles. The van der Waals surface area contributed by atoms with Crippen LogP contribution in [0, 0.1) is 0 Å².